The Morgan fingerprint density at radius 3 is 2.11 bits per heavy atom. The Morgan fingerprint density at radius 1 is 0.963 bits per heavy atom. The molecule has 1 atom stereocenters. The first kappa shape index (κ1) is 28.2. The lowest BCUT2D eigenvalue weighted by Crippen LogP contribution is -2.19. The number of aliphatic hydroxyl groups is 2. The number of carbonyl (C=O) groups excluding carboxylic acids is 1. The fourth-order valence-corrected chi connectivity index (χ4v) is 2.00. The molecule has 27 heavy (non-hydrogen) atoms. The predicted molar refractivity (Wildman–Crippen MR) is 106 cm³/mol. The third-order valence-electron chi connectivity index (χ3n) is 3.55. The number of methoxy groups -OCH3 is 1. The molecule has 0 aromatic rings. The van der Waals surface area contributed by atoms with Crippen LogP contribution in [0.15, 0.2) is 12.7 Å². The molecule has 162 valence electrons. The smallest absolute Gasteiger partial charge is 0.330 e. The van der Waals surface area contributed by atoms with Crippen LogP contribution < -0.4 is 0 Å². The molecule has 0 saturated heterocycles. The van der Waals surface area contributed by atoms with Crippen LogP contribution in [-0.2, 0) is 23.7 Å². The summed E-state index contributed by atoms with van der Waals surface area (Å²) in [5.41, 5.74) is 0. The zero-order valence-electron chi connectivity index (χ0n) is 17.2. The van der Waals surface area contributed by atoms with Gasteiger partial charge in [-0.15, -0.1) is 0 Å². The highest BCUT2D eigenvalue weighted by Gasteiger charge is 1.99. The monoisotopic (exact) mass is 392 g/mol. The van der Waals surface area contributed by atoms with E-state index in [0.29, 0.717) is 26.4 Å². The van der Waals surface area contributed by atoms with Gasteiger partial charge in [0.15, 0.2) is 6.29 Å². The van der Waals surface area contributed by atoms with Crippen molar-refractivity contribution in [3.63, 3.8) is 0 Å². The average molecular weight is 393 g/mol. The van der Waals surface area contributed by atoms with E-state index in [1.165, 1.54) is 51.7 Å². The standard InChI is InChI=1S/C13H24O2.C7H16O5/c1-3-5-6-7-8-9-10-11-12-15-13(14)4-2;1-10-7(9)6-12-5-4-11-3-2-8/h4H,2-3,5-12H2,1H3;7-9H,2-6H2,1H3. The van der Waals surface area contributed by atoms with Crippen LogP contribution in [0.1, 0.15) is 58.3 Å². The highest BCUT2D eigenvalue weighted by molar-refractivity contribution is 5.81. The molecule has 7 nitrogen and oxygen atoms in total. The normalized spacial score (nSPS) is 11.4. The molecule has 7 heteroatoms. The number of unbranched alkanes of at least 4 members (excludes halogenated alkanes) is 7. The molecule has 2 N–H and O–H groups in total. The molecule has 0 aromatic heterocycles. The van der Waals surface area contributed by atoms with Crippen LogP contribution in [0.5, 0.6) is 0 Å². The second-order valence-electron chi connectivity index (χ2n) is 5.95. The van der Waals surface area contributed by atoms with Crippen molar-refractivity contribution in [1.29, 1.82) is 0 Å². The second-order valence-corrected chi connectivity index (χ2v) is 5.95. The first-order valence-corrected chi connectivity index (χ1v) is 9.88. The Balaban J connectivity index is 0. The van der Waals surface area contributed by atoms with Crippen molar-refractivity contribution >= 4 is 5.97 Å². The van der Waals surface area contributed by atoms with Gasteiger partial charge in [-0.25, -0.2) is 4.79 Å². The minimum absolute atomic E-state index is 0.0146. The highest BCUT2D eigenvalue weighted by atomic mass is 16.6. The number of carbonyl (C=O) groups is 1. The van der Waals surface area contributed by atoms with E-state index in [1.54, 1.807) is 0 Å². The quantitative estimate of drug-likeness (QED) is 0.160. The summed E-state index contributed by atoms with van der Waals surface area (Å²) >= 11 is 0. The zero-order valence-corrected chi connectivity index (χ0v) is 17.2. The van der Waals surface area contributed by atoms with Crippen LogP contribution in [0.4, 0.5) is 0 Å². The summed E-state index contributed by atoms with van der Waals surface area (Å²) in [7, 11) is 1.40. The lowest BCUT2D eigenvalue weighted by molar-refractivity contribution is -0.137. The van der Waals surface area contributed by atoms with Gasteiger partial charge in [-0.3, -0.25) is 0 Å². The van der Waals surface area contributed by atoms with Gasteiger partial charge in [0.05, 0.1) is 39.6 Å². The van der Waals surface area contributed by atoms with Gasteiger partial charge < -0.3 is 29.2 Å². The van der Waals surface area contributed by atoms with Crippen molar-refractivity contribution in [2.24, 2.45) is 0 Å². The number of ether oxygens (including phenoxy) is 4. The third kappa shape index (κ3) is 27.3. The van der Waals surface area contributed by atoms with Crippen molar-refractivity contribution in [3.8, 4) is 0 Å². The van der Waals surface area contributed by atoms with Crippen LogP contribution in [-0.4, -0.2) is 69.2 Å². The van der Waals surface area contributed by atoms with Gasteiger partial charge in [0.2, 0.25) is 0 Å². The molecular formula is C20H40O7. The molecule has 0 aliphatic heterocycles. The van der Waals surface area contributed by atoms with Crippen LogP contribution in [0.3, 0.4) is 0 Å². The molecule has 0 aliphatic carbocycles. The summed E-state index contributed by atoms with van der Waals surface area (Å²) in [5.74, 6) is -0.307. The van der Waals surface area contributed by atoms with Crippen LogP contribution in [0.2, 0.25) is 0 Å². The van der Waals surface area contributed by atoms with Crippen molar-refractivity contribution in [2.45, 2.75) is 64.6 Å². The zero-order chi connectivity index (χ0) is 20.6. The molecule has 0 aliphatic rings. The number of aliphatic hydroxyl groups excluding tert-OH is 2. The fraction of sp³-hybridized carbons (Fsp3) is 0.850. The third-order valence-corrected chi connectivity index (χ3v) is 3.55. The van der Waals surface area contributed by atoms with E-state index >= 15 is 0 Å². The summed E-state index contributed by atoms with van der Waals surface area (Å²) in [6, 6.07) is 0. The summed E-state index contributed by atoms with van der Waals surface area (Å²) < 4.78 is 19.3. The number of hydrogen-bond acceptors (Lipinski definition) is 7. The van der Waals surface area contributed by atoms with E-state index in [2.05, 4.69) is 18.2 Å². The van der Waals surface area contributed by atoms with Gasteiger partial charge in [0.25, 0.3) is 0 Å². The van der Waals surface area contributed by atoms with E-state index in [0.717, 1.165) is 12.8 Å². The minimum atomic E-state index is -0.872. The first-order chi connectivity index (χ1) is 13.1. The Bertz CT molecular complexity index is 311. The van der Waals surface area contributed by atoms with Crippen molar-refractivity contribution < 1.29 is 34.0 Å². The molecule has 0 rings (SSSR count). The molecule has 0 fully saturated rings. The molecule has 0 bridgehead atoms. The first-order valence-electron chi connectivity index (χ1n) is 9.88. The molecule has 0 spiro atoms. The van der Waals surface area contributed by atoms with Gasteiger partial charge in [-0.1, -0.05) is 58.4 Å². The molecular weight excluding hydrogens is 352 g/mol. The minimum Gasteiger partial charge on any atom is -0.463 e. The van der Waals surface area contributed by atoms with Crippen LogP contribution >= 0.6 is 0 Å². The van der Waals surface area contributed by atoms with Gasteiger partial charge >= 0.3 is 5.97 Å². The Morgan fingerprint density at radius 2 is 1.56 bits per heavy atom. The topological polar surface area (TPSA) is 94.5 Å². The molecule has 0 radical (unpaired) electrons. The van der Waals surface area contributed by atoms with Gasteiger partial charge in [-0.2, -0.15) is 0 Å². The maximum Gasteiger partial charge on any atom is 0.330 e. The van der Waals surface area contributed by atoms with E-state index in [-0.39, 0.29) is 19.2 Å². The Kier molecular flexibility index (Phi) is 26.1. The van der Waals surface area contributed by atoms with Crippen LogP contribution in [0, 0.1) is 0 Å². The van der Waals surface area contributed by atoms with Crippen LogP contribution in [0.25, 0.3) is 0 Å². The second kappa shape index (κ2) is 25.0. The van der Waals surface area contributed by atoms with E-state index in [9.17, 15) is 4.79 Å². The SMILES string of the molecule is C=CC(=O)OCCCCCCCCCC.COC(O)COCCOCCO. The summed E-state index contributed by atoms with van der Waals surface area (Å²) in [6.07, 6.45) is 10.4. The van der Waals surface area contributed by atoms with Crippen molar-refractivity contribution in [3.05, 3.63) is 12.7 Å². The van der Waals surface area contributed by atoms with E-state index < -0.39 is 6.29 Å². The van der Waals surface area contributed by atoms with Crippen molar-refractivity contribution in [2.75, 3.05) is 46.8 Å². The van der Waals surface area contributed by atoms with Gasteiger partial charge in [0, 0.05) is 13.2 Å². The van der Waals surface area contributed by atoms with E-state index in [1.807, 2.05) is 0 Å². The Labute approximate surface area is 164 Å². The number of esters is 1. The fourth-order valence-electron chi connectivity index (χ4n) is 2.00. The average Bonchev–Trinajstić information content (AvgIpc) is 2.69. The summed E-state index contributed by atoms with van der Waals surface area (Å²) in [4.78, 5) is 10.7. The lowest BCUT2D eigenvalue weighted by Gasteiger charge is -2.08. The summed E-state index contributed by atoms with van der Waals surface area (Å²) in [6.45, 7) is 7.39. The summed E-state index contributed by atoms with van der Waals surface area (Å²) in [5, 5.41) is 17.2. The van der Waals surface area contributed by atoms with E-state index in [4.69, 9.17) is 24.4 Å². The molecule has 0 amide bonds. The van der Waals surface area contributed by atoms with Gasteiger partial charge in [-0.05, 0) is 6.42 Å². The molecule has 0 aromatic carbocycles. The molecule has 0 heterocycles. The highest BCUT2D eigenvalue weighted by Crippen LogP contribution is 2.08. The van der Waals surface area contributed by atoms with Gasteiger partial charge in [0.1, 0.15) is 0 Å². The molecule has 0 saturated carbocycles. The van der Waals surface area contributed by atoms with Crippen molar-refractivity contribution in [1.82, 2.24) is 0 Å². The maximum absolute atomic E-state index is 10.7. The molecule has 1 unspecified atom stereocenters. The number of hydrogen-bond donors (Lipinski definition) is 2. The Hall–Kier alpha value is -0.990. The largest absolute Gasteiger partial charge is 0.463 e. The lowest BCUT2D eigenvalue weighted by atomic mass is 10.1. The number of rotatable bonds is 18. The maximum atomic E-state index is 10.7. The predicted octanol–water partition coefficient (Wildman–Crippen LogP) is 2.83.